The summed E-state index contributed by atoms with van der Waals surface area (Å²) < 4.78 is 1.87. The summed E-state index contributed by atoms with van der Waals surface area (Å²) in [4.78, 5) is 4.68. The predicted octanol–water partition coefficient (Wildman–Crippen LogP) is 3.08. The lowest BCUT2D eigenvalue weighted by molar-refractivity contribution is 0.423. The molecule has 0 aliphatic rings. The maximum atomic E-state index is 4.68. The monoisotopic (exact) mass is 272 g/mol. The first-order chi connectivity index (χ1) is 9.26. The van der Waals surface area contributed by atoms with Crippen molar-refractivity contribution in [1.82, 2.24) is 20.1 Å². The molecule has 0 aromatic carbocycles. The Hall–Kier alpha value is -1.68. The third-order valence-electron chi connectivity index (χ3n) is 3.18. The van der Waals surface area contributed by atoms with E-state index in [2.05, 4.69) is 49.2 Å². The number of hydrogen-bond donors (Lipinski definition) is 1. The second-order valence-corrected chi connectivity index (χ2v) is 6.45. The molecule has 20 heavy (non-hydrogen) atoms. The first-order valence-corrected chi connectivity index (χ1v) is 7.00. The minimum atomic E-state index is 0.0780. The van der Waals surface area contributed by atoms with Crippen molar-refractivity contribution in [1.29, 1.82) is 0 Å². The molecular weight excluding hydrogens is 248 g/mol. The van der Waals surface area contributed by atoms with Crippen molar-refractivity contribution in [2.75, 3.05) is 0 Å². The first kappa shape index (κ1) is 14.7. The van der Waals surface area contributed by atoms with Crippen molar-refractivity contribution < 1.29 is 0 Å². The zero-order valence-electron chi connectivity index (χ0n) is 13.3. The third kappa shape index (κ3) is 3.45. The Morgan fingerprint density at radius 1 is 1.20 bits per heavy atom. The zero-order chi connectivity index (χ0) is 14.9. The van der Waals surface area contributed by atoms with Gasteiger partial charge in [0.25, 0.3) is 0 Å². The van der Waals surface area contributed by atoms with Crippen molar-refractivity contribution in [3.63, 3.8) is 0 Å². The average molecular weight is 272 g/mol. The maximum absolute atomic E-state index is 4.68. The lowest BCUT2D eigenvalue weighted by Crippen LogP contribution is -2.35. The molecule has 2 aromatic rings. The fraction of sp³-hybridized carbons (Fsp3) is 0.500. The lowest BCUT2D eigenvalue weighted by Gasteiger charge is -2.22. The summed E-state index contributed by atoms with van der Waals surface area (Å²) in [5.41, 5.74) is 4.69. The number of hydrogen-bond acceptors (Lipinski definition) is 3. The SMILES string of the molecule is Cc1cnn(-c2nc(C)cc(C)c2CNC(C)(C)C)c1. The average Bonchev–Trinajstić information content (AvgIpc) is 2.72. The molecule has 0 saturated carbocycles. The van der Waals surface area contributed by atoms with Gasteiger partial charge in [-0.3, -0.25) is 0 Å². The molecule has 0 spiro atoms. The highest BCUT2D eigenvalue weighted by Gasteiger charge is 2.15. The summed E-state index contributed by atoms with van der Waals surface area (Å²) in [7, 11) is 0. The van der Waals surface area contributed by atoms with Crippen LogP contribution in [0.2, 0.25) is 0 Å². The molecule has 2 heterocycles. The van der Waals surface area contributed by atoms with Crippen LogP contribution in [0.15, 0.2) is 18.5 Å². The molecule has 4 heteroatoms. The van der Waals surface area contributed by atoms with Crippen LogP contribution >= 0.6 is 0 Å². The molecule has 0 atom stereocenters. The quantitative estimate of drug-likeness (QED) is 0.933. The van der Waals surface area contributed by atoms with Gasteiger partial charge in [-0.2, -0.15) is 5.10 Å². The van der Waals surface area contributed by atoms with Crippen LogP contribution in [0.1, 0.15) is 43.2 Å². The number of aromatic nitrogens is 3. The molecule has 0 radical (unpaired) electrons. The van der Waals surface area contributed by atoms with Crippen LogP contribution < -0.4 is 5.32 Å². The van der Waals surface area contributed by atoms with E-state index < -0.39 is 0 Å². The summed E-state index contributed by atoms with van der Waals surface area (Å²) >= 11 is 0. The van der Waals surface area contributed by atoms with Gasteiger partial charge in [0.05, 0.1) is 6.20 Å². The van der Waals surface area contributed by atoms with Crippen LogP contribution in [0, 0.1) is 20.8 Å². The highest BCUT2D eigenvalue weighted by atomic mass is 15.3. The number of pyridine rings is 1. The second-order valence-electron chi connectivity index (χ2n) is 6.45. The Labute approximate surface area is 121 Å². The molecule has 0 aliphatic carbocycles. The molecule has 0 aliphatic heterocycles. The van der Waals surface area contributed by atoms with E-state index >= 15 is 0 Å². The molecule has 0 fully saturated rings. The summed E-state index contributed by atoms with van der Waals surface area (Å²) in [5.74, 6) is 0.923. The van der Waals surface area contributed by atoms with Gasteiger partial charge in [-0.25, -0.2) is 9.67 Å². The lowest BCUT2D eigenvalue weighted by atomic mass is 10.1. The first-order valence-electron chi connectivity index (χ1n) is 7.00. The number of nitrogens with one attached hydrogen (secondary N) is 1. The fourth-order valence-corrected chi connectivity index (χ4v) is 2.13. The van der Waals surface area contributed by atoms with E-state index in [-0.39, 0.29) is 5.54 Å². The van der Waals surface area contributed by atoms with Crippen molar-refractivity contribution >= 4 is 0 Å². The van der Waals surface area contributed by atoms with E-state index in [9.17, 15) is 0 Å². The highest BCUT2D eigenvalue weighted by Crippen LogP contribution is 2.19. The Balaban J connectivity index is 2.44. The summed E-state index contributed by atoms with van der Waals surface area (Å²) in [6.07, 6.45) is 3.88. The second kappa shape index (κ2) is 5.37. The van der Waals surface area contributed by atoms with E-state index in [1.807, 2.05) is 30.9 Å². The van der Waals surface area contributed by atoms with Crippen LogP contribution in [0.5, 0.6) is 0 Å². The maximum Gasteiger partial charge on any atom is 0.158 e. The predicted molar refractivity (Wildman–Crippen MR) is 82.2 cm³/mol. The van der Waals surface area contributed by atoms with Crippen molar-refractivity contribution in [2.24, 2.45) is 0 Å². The minimum absolute atomic E-state index is 0.0780. The van der Waals surface area contributed by atoms with Crippen molar-refractivity contribution in [2.45, 2.75) is 53.6 Å². The van der Waals surface area contributed by atoms with Crippen LogP contribution in [0.25, 0.3) is 5.82 Å². The van der Waals surface area contributed by atoms with Gasteiger partial charge in [0.15, 0.2) is 5.82 Å². The smallest absolute Gasteiger partial charge is 0.158 e. The third-order valence-corrected chi connectivity index (χ3v) is 3.18. The number of aryl methyl sites for hydroxylation is 3. The molecule has 2 rings (SSSR count). The van der Waals surface area contributed by atoms with Gasteiger partial charge in [0.2, 0.25) is 0 Å². The number of nitrogens with zero attached hydrogens (tertiary/aromatic N) is 3. The van der Waals surface area contributed by atoms with Gasteiger partial charge in [-0.15, -0.1) is 0 Å². The summed E-state index contributed by atoms with van der Waals surface area (Å²) in [5, 5.41) is 7.93. The van der Waals surface area contributed by atoms with E-state index in [0.29, 0.717) is 0 Å². The zero-order valence-corrected chi connectivity index (χ0v) is 13.3. The van der Waals surface area contributed by atoms with Crippen LogP contribution in [0.3, 0.4) is 0 Å². The van der Waals surface area contributed by atoms with Gasteiger partial charge < -0.3 is 5.32 Å². The van der Waals surface area contributed by atoms with E-state index in [4.69, 9.17) is 0 Å². The molecule has 4 nitrogen and oxygen atoms in total. The Morgan fingerprint density at radius 3 is 2.45 bits per heavy atom. The van der Waals surface area contributed by atoms with Gasteiger partial charge >= 0.3 is 0 Å². The molecular formula is C16H24N4. The van der Waals surface area contributed by atoms with Crippen molar-refractivity contribution in [3.8, 4) is 5.82 Å². The molecule has 0 saturated heterocycles. The Bertz CT molecular complexity index is 605. The number of rotatable bonds is 3. The van der Waals surface area contributed by atoms with E-state index in [1.165, 1.54) is 11.1 Å². The molecule has 0 unspecified atom stereocenters. The molecule has 0 amide bonds. The van der Waals surface area contributed by atoms with Gasteiger partial charge in [-0.1, -0.05) is 0 Å². The van der Waals surface area contributed by atoms with Gasteiger partial charge in [0, 0.05) is 29.5 Å². The van der Waals surface area contributed by atoms with Crippen LogP contribution in [0.4, 0.5) is 0 Å². The van der Waals surface area contributed by atoms with E-state index in [1.54, 1.807) is 0 Å². The van der Waals surface area contributed by atoms with E-state index in [0.717, 1.165) is 23.6 Å². The van der Waals surface area contributed by atoms with Gasteiger partial charge in [-0.05, 0) is 58.7 Å². The topological polar surface area (TPSA) is 42.7 Å². The molecule has 108 valence electrons. The normalized spacial score (nSPS) is 11.9. The Kier molecular flexibility index (Phi) is 3.95. The van der Waals surface area contributed by atoms with Crippen molar-refractivity contribution in [3.05, 3.63) is 40.8 Å². The molecule has 1 N–H and O–H groups in total. The summed E-state index contributed by atoms with van der Waals surface area (Å²) in [6, 6.07) is 2.12. The standard InChI is InChI=1S/C16H24N4/c1-11-8-18-20(10-11)15-14(9-17-16(4,5)6)12(2)7-13(3)19-15/h7-8,10,17H,9H2,1-6H3. The molecule has 0 bridgehead atoms. The molecule has 2 aromatic heterocycles. The fourth-order valence-electron chi connectivity index (χ4n) is 2.13. The minimum Gasteiger partial charge on any atom is -0.308 e. The van der Waals surface area contributed by atoms with Crippen LogP contribution in [-0.2, 0) is 6.54 Å². The van der Waals surface area contributed by atoms with Crippen LogP contribution in [-0.4, -0.2) is 20.3 Å². The van der Waals surface area contributed by atoms with Gasteiger partial charge in [0.1, 0.15) is 0 Å². The summed E-state index contributed by atoms with van der Waals surface area (Å²) in [6.45, 7) is 13.5. The Morgan fingerprint density at radius 2 is 1.90 bits per heavy atom. The highest BCUT2D eigenvalue weighted by molar-refractivity contribution is 5.41. The largest absolute Gasteiger partial charge is 0.308 e.